The molecule has 1 N–H and O–H groups in total. The van der Waals surface area contributed by atoms with Crippen LogP contribution in [0, 0.1) is 5.92 Å². The highest BCUT2D eigenvalue weighted by Gasteiger charge is 2.27. The van der Waals surface area contributed by atoms with Gasteiger partial charge in [-0.2, -0.15) is 0 Å². The van der Waals surface area contributed by atoms with E-state index < -0.39 is 21.7 Å². The summed E-state index contributed by atoms with van der Waals surface area (Å²) in [7, 11) is 2.72. The van der Waals surface area contributed by atoms with Crippen molar-refractivity contribution in [1.29, 1.82) is 0 Å². The van der Waals surface area contributed by atoms with Crippen molar-refractivity contribution < 1.29 is 23.7 Å². The van der Waals surface area contributed by atoms with E-state index in [9.17, 15) is 19.2 Å². The Morgan fingerprint density at radius 2 is 1.27 bits per heavy atom. The zero-order valence-electron chi connectivity index (χ0n) is 19.6. The highest BCUT2D eigenvalue weighted by Crippen LogP contribution is 2.22. The van der Waals surface area contributed by atoms with E-state index in [1.165, 1.54) is 14.2 Å². The number of rotatable bonds is 18. The first-order chi connectivity index (χ1) is 15.8. The highest BCUT2D eigenvalue weighted by atomic mass is 16.5. The Morgan fingerprint density at radius 1 is 0.727 bits per heavy atom. The average molecular weight is 469 g/mol. The van der Waals surface area contributed by atoms with E-state index in [1.807, 2.05) is 18.7 Å². The van der Waals surface area contributed by atoms with Gasteiger partial charge in [0.2, 0.25) is 0 Å². The van der Waals surface area contributed by atoms with Gasteiger partial charge in [0.1, 0.15) is 11.4 Å². The molecule has 2 rings (SSSR count). The molecule has 0 bridgehead atoms. The van der Waals surface area contributed by atoms with Crippen molar-refractivity contribution >= 4 is 11.4 Å². The molecule has 0 aliphatic heterocycles. The lowest BCUT2D eigenvalue weighted by atomic mass is 10.1. The maximum absolute atomic E-state index is 11.9. The van der Waals surface area contributed by atoms with Crippen LogP contribution >= 0.6 is 0 Å². The standard InChI is InChI=1S/C22H32N2O9/c1-14(2)13-24(16-18(26)20(28)22(16)30-4)6-8-32-10-12-33-11-9-31-7-5-23-15-17(25)19(27)21(15)29-3/h14,23H,5-13H2,1-4H3. The minimum atomic E-state index is -0.618. The summed E-state index contributed by atoms with van der Waals surface area (Å²) in [4.78, 5) is 47.9. The van der Waals surface area contributed by atoms with Gasteiger partial charge in [-0.3, -0.25) is 19.2 Å². The molecule has 0 saturated heterocycles. The molecular weight excluding hydrogens is 436 g/mol. The molecule has 2 aromatic rings. The van der Waals surface area contributed by atoms with Gasteiger partial charge in [-0.1, -0.05) is 13.8 Å². The molecule has 11 heteroatoms. The quantitative estimate of drug-likeness (QED) is 0.225. The van der Waals surface area contributed by atoms with Crippen LogP contribution in [0.4, 0.5) is 11.4 Å². The van der Waals surface area contributed by atoms with Crippen LogP contribution in [0.15, 0.2) is 19.2 Å². The summed E-state index contributed by atoms with van der Waals surface area (Å²) in [5, 5.41) is 2.82. The molecule has 0 amide bonds. The van der Waals surface area contributed by atoms with Gasteiger partial charge in [0, 0.05) is 19.6 Å². The Balaban J connectivity index is 1.53. The van der Waals surface area contributed by atoms with Crippen molar-refractivity contribution in [2.45, 2.75) is 13.8 Å². The van der Waals surface area contributed by atoms with Crippen LogP contribution in [0.3, 0.4) is 0 Å². The fraction of sp³-hybridized carbons (Fsp3) is 0.636. The lowest BCUT2D eigenvalue weighted by Gasteiger charge is -2.28. The van der Waals surface area contributed by atoms with Gasteiger partial charge >= 0.3 is 0 Å². The van der Waals surface area contributed by atoms with Gasteiger partial charge in [-0.25, -0.2) is 0 Å². The molecule has 0 saturated carbocycles. The number of anilines is 2. The monoisotopic (exact) mass is 468 g/mol. The summed E-state index contributed by atoms with van der Waals surface area (Å²) in [5.41, 5.74) is -1.79. The zero-order chi connectivity index (χ0) is 24.4. The third kappa shape index (κ3) is 6.86. The van der Waals surface area contributed by atoms with Crippen LogP contribution < -0.4 is 41.4 Å². The molecule has 0 aliphatic carbocycles. The molecule has 0 spiro atoms. The molecule has 184 valence electrons. The summed E-state index contributed by atoms with van der Waals surface area (Å²) in [6, 6.07) is 0. The molecule has 0 aromatic heterocycles. The van der Waals surface area contributed by atoms with E-state index >= 15 is 0 Å². The molecule has 2 aromatic carbocycles. The second-order valence-electron chi connectivity index (χ2n) is 7.71. The van der Waals surface area contributed by atoms with E-state index in [-0.39, 0.29) is 17.2 Å². The Labute approximate surface area is 191 Å². The van der Waals surface area contributed by atoms with Crippen molar-refractivity contribution in [2.75, 3.05) is 83.7 Å². The summed E-state index contributed by atoms with van der Waals surface area (Å²) >= 11 is 0. The normalized spacial score (nSPS) is 11.4. The van der Waals surface area contributed by atoms with Crippen LogP contribution in [0.2, 0.25) is 0 Å². The third-order valence-corrected chi connectivity index (χ3v) is 4.82. The summed E-state index contributed by atoms with van der Waals surface area (Å²) in [6.07, 6.45) is 0. The highest BCUT2D eigenvalue weighted by molar-refractivity contribution is 5.64. The molecule has 0 heterocycles. The van der Waals surface area contributed by atoms with Gasteiger partial charge in [0.05, 0.1) is 53.9 Å². The van der Waals surface area contributed by atoms with Gasteiger partial charge in [0.15, 0.2) is 11.5 Å². The third-order valence-electron chi connectivity index (χ3n) is 4.82. The van der Waals surface area contributed by atoms with Crippen molar-refractivity contribution in [3.05, 3.63) is 40.9 Å². The molecule has 11 nitrogen and oxygen atoms in total. The first-order valence-corrected chi connectivity index (χ1v) is 10.8. The fourth-order valence-corrected chi connectivity index (χ4v) is 3.26. The molecule has 0 aliphatic rings. The van der Waals surface area contributed by atoms with Crippen LogP contribution in [-0.4, -0.2) is 73.5 Å². The number of hydrogen-bond donors (Lipinski definition) is 1. The molecule has 0 radical (unpaired) electrons. The summed E-state index contributed by atoms with van der Waals surface area (Å²) in [5.74, 6) is 0.468. The average Bonchev–Trinajstić information content (AvgIpc) is 2.80. The van der Waals surface area contributed by atoms with Crippen molar-refractivity contribution in [1.82, 2.24) is 0 Å². The lowest BCUT2D eigenvalue weighted by Crippen LogP contribution is -2.43. The number of methoxy groups -OCH3 is 2. The largest absolute Gasteiger partial charge is 0.491 e. The fourth-order valence-electron chi connectivity index (χ4n) is 3.26. The van der Waals surface area contributed by atoms with Crippen LogP contribution in [-0.2, 0) is 14.2 Å². The Hall–Kier alpha value is -2.76. The molecule has 0 atom stereocenters. The van der Waals surface area contributed by atoms with Gasteiger partial charge in [-0.05, 0) is 5.92 Å². The van der Waals surface area contributed by atoms with Crippen molar-refractivity contribution in [3.63, 3.8) is 0 Å². The van der Waals surface area contributed by atoms with Crippen molar-refractivity contribution in [2.24, 2.45) is 5.92 Å². The molecular formula is C22H32N2O9. The Morgan fingerprint density at radius 3 is 1.85 bits per heavy atom. The second-order valence-corrected chi connectivity index (χ2v) is 7.71. The minimum Gasteiger partial charge on any atom is -0.491 e. The predicted octanol–water partition coefficient (Wildman–Crippen LogP) is -0.480. The van der Waals surface area contributed by atoms with E-state index in [2.05, 4.69) is 5.32 Å². The van der Waals surface area contributed by atoms with E-state index in [4.69, 9.17) is 23.7 Å². The van der Waals surface area contributed by atoms with Gasteiger partial charge in [0.25, 0.3) is 21.7 Å². The maximum Gasteiger partial charge on any atom is 0.272 e. The first-order valence-electron chi connectivity index (χ1n) is 10.8. The Kier molecular flexibility index (Phi) is 10.5. The minimum absolute atomic E-state index is 0.0549. The number of hydrogen-bond acceptors (Lipinski definition) is 11. The maximum atomic E-state index is 11.9. The van der Waals surface area contributed by atoms with Crippen LogP contribution in [0.25, 0.3) is 0 Å². The second kappa shape index (κ2) is 13.1. The van der Waals surface area contributed by atoms with Gasteiger partial charge < -0.3 is 33.9 Å². The van der Waals surface area contributed by atoms with Gasteiger partial charge in [-0.15, -0.1) is 0 Å². The van der Waals surface area contributed by atoms with Crippen LogP contribution in [0.1, 0.15) is 13.8 Å². The predicted molar refractivity (Wildman–Crippen MR) is 124 cm³/mol. The summed E-state index contributed by atoms with van der Waals surface area (Å²) in [6.45, 7) is 7.73. The summed E-state index contributed by atoms with van der Waals surface area (Å²) < 4.78 is 26.3. The van der Waals surface area contributed by atoms with E-state index in [0.717, 1.165) is 0 Å². The molecule has 0 unspecified atom stereocenters. The van der Waals surface area contributed by atoms with Crippen molar-refractivity contribution in [3.8, 4) is 11.5 Å². The number of nitrogens with one attached hydrogen (secondary N) is 1. The molecule has 0 fully saturated rings. The van der Waals surface area contributed by atoms with Crippen LogP contribution in [0.5, 0.6) is 11.5 Å². The SMILES string of the molecule is COc1c(NCCOCCOCCOCCN(CC(C)C)c2c(OC)c(=O)c2=O)c(=O)c1=O. The number of ether oxygens (including phenoxy) is 5. The number of nitrogens with zero attached hydrogens (tertiary/aromatic N) is 1. The first kappa shape index (κ1) is 26.5. The topological polar surface area (TPSA) is 130 Å². The van der Waals surface area contributed by atoms with E-state index in [0.29, 0.717) is 70.9 Å². The molecule has 33 heavy (non-hydrogen) atoms. The zero-order valence-corrected chi connectivity index (χ0v) is 19.6. The Bertz CT molecular complexity index is 1020. The lowest BCUT2D eigenvalue weighted by molar-refractivity contribution is 0.0176. The smallest absolute Gasteiger partial charge is 0.272 e. The van der Waals surface area contributed by atoms with E-state index in [1.54, 1.807) is 0 Å².